The van der Waals surface area contributed by atoms with Gasteiger partial charge in [0.2, 0.25) is 0 Å². The molecule has 1 aliphatic carbocycles. The Morgan fingerprint density at radius 1 is 0.885 bits per heavy atom. The van der Waals surface area contributed by atoms with Crippen molar-refractivity contribution in [1.29, 1.82) is 0 Å². The van der Waals surface area contributed by atoms with Gasteiger partial charge in [0.1, 0.15) is 0 Å². The molecule has 0 heterocycles. The van der Waals surface area contributed by atoms with Crippen LogP contribution in [0.3, 0.4) is 0 Å². The van der Waals surface area contributed by atoms with Crippen molar-refractivity contribution in [2.75, 3.05) is 11.1 Å². The Morgan fingerprint density at radius 3 is 2.08 bits per heavy atom. The third-order valence-corrected chi connectivity index (χ3v) is 4.96. The fourth-order valence-corrected chi connectivity index (χ4v) is 3.46. The fraction of sp³-hybridized carbons (Fsp3) is 0. The molecule has 0 saturated heterocycles. The van der Waals surface area contributed by atoms with Crippen LogP contribution >= 0.6 is 24.2 Å². The molecule has 0 aromatic heterocycles. The number of hydrogen-bond acceptors (Lipinski definition) is 5. The Bertz CT molecular complexity index is 1080. The van der Waals surface area contributed by atoms with E-state index in [4.69, 9.17) is 17.3 Å². The lowest BCUT2D eigenvalue weighted by atomic mass is 9.82. The summed E-state index contributed by atoms with van der Waals surface area (Å²) in [6.07, 6.45) is 0. The first kappa shape index (κ1) is 16.7. The number of carbonyl (C=O) groups is 2. The standard InChI is InChI=1S/C20H13ClN2O2S/c21-10-5-7-11(8-6-10)23-14-9-15(26)18(22)17-16(14)19(24)12-3-1-2-4-13(12)20(17)25/h1-9,23,26H,22H2. The highest BCUT2D eigenvalue weighted by Crippen LogP contribution is 2.39. The minimum atomic E-state index is -0.275. The molecule has 3 aromatic rings. The summed E-state index contributed by atoms with van der Waals surface area (Å²) in [6.45, 7) is 0. The van der Waals surface area contributed by atoms with Gasteiger partial charge in [-0.15, -0.1) is 12.6 Å². The predicted molar refractivity (Wildman–Crippen MR) is 106 cm³/mol. The monoisotopic (exact) mass is 380 g/mol. The smallest absolute Gasteiger partial charge is 0.196 e. The largest absolute Gasteiger partial charge is 0.397 e. The number of anilines is 3. The first-order chi connectivity index (χ1) is 12.5. The van der Waals surface area contributed by atoms with Crippen LogP contribution in [0.25, 0.3) is 0 Å². The highest BCUT2D eigenvalue weighted by atomic mass is 35.5. The van der Waals surface area contributed by atoms with Gasteiger partial charge in [-0.1, -0.05) is 35.9 Å². The third-order valence-electron chi connectivity index (χ3n) is 4.34. The highest BCUT2D eigenvalue weighted by molar-refractivity contribution is 7.80. The number of halogens is 1. The van der Waals surface area contributed by atoms with E-state index in [1.165, 1.54) is 0 Å². The molecule has 0 fully saturated rings. The van der Waals surface area contributed by atoms with Gasteiger partial charge in [-0.05, 0) is 30.3 Å². The zero-order valence-corrected chi connectivity index (χ0v) is 15.1. The molecule has 0 spiro atoms. The van der Waals surface area contributed by atoms with Crippen LogP contribution in [0.2, 0.25) is 5.02 Å². The Labute approximate surface area is 160 Å². The topological polar surface area (TPSA) is 72.2 Å². The van der Waals surface area contributed by atoms with Gasteiger partial charge in [-0.25, -0.2) is 0 Å². The maximum atomic E-state index is 13.1. The molecule has 4 rings (SSSR count). The number of rotatable bonds is 2. The predicted octanol–water partition coefficient (Wildman–Crippen LogP) is 4.73. The Balaban J connectivity index is 1.93. The lowest BCUT2D eigenvalue weighted by molar-refractivity contribution is 0.0980. The molecule has 3 N–H and O–H groups in total. The average molecular weight is 381 g/mol. The van der Waals surface area contributed by atoms with E-state index in [-0.39, 0.29) is 28.4 Å². The molecule has 0 atom stereocenters. The van der Waals surface area contributed by atoms with Gasteiger partial charge in [0.05, 0.1) is 22.5 Å². The third kappa shape index (κ3) is 2.57. The molecule has 4 nitrogen and oxygen atoms in total. The van der Waals surface area contributed by atoms with Crippen LogP contribution < -0.4 is 11.1 Å². The van der Waals surface area contributed by atoms with Gasteiger partial charge >= 0.3 is 0 Å². The normalized spacial score (nSPS) is 12.5. The molecule has 26 heavy (non-hydrogen) atoms. The van der Waals surface area contributed by atoms with Crippen LogP contribution in [-0.4, -0.2) is 11.6 Å². The molecule has 128 valence electrons. The lowest BCUT2D eigenvalue weighted by Gasteiger charge is -2.23. The van der Waals surface area contributed by atoms with Gasteiger partial charge in [0.15, 0.2) is 11.6 Å². The van der Waals surface area contributed by atoms with Crippen molar-refractivity contribution in [3.63, 3.8) is 0 Å². The van der Waals surface area contributed by atoms with Gasteiger partial charge in [0, 0.05) is 26.7 Å². The first-order valence-electron chi connectivity index (χ1n) is 7.84. The summed E-state index contributed by atoms with van der Waals surface area (Å²) in [5.41, 5.74) is 8.70. The summed E-state index contributed by atoms with van der Waals surface area (Å²) in [6, 6.07) is 15.4. The van der Waals surface area contributed by atoms with E-state index in [2.05, 4.69) is 17.9 Å². The first-order valence-corrected chi connectivity index (χ1v) is 8.66. The fourth-order valence-electron chi connectivity index (χ4n) is 3.09. The average Bonchev–Trinajstić information content (AvgIpc) is 2.64. The number of fused-ring (bicyclic) bond motifs is 2. The Morgan fingerprint density at radius 2 is 1.46 bits per heavy atom. The van der Waals surface area contributed by atoms with Crippen molar-refractivity contribution in [3.05, 3.63) is 81.9 Å². The van der Waals surface area contributed by atoms with Crippen LogP contribution in [0.4, 0.5) is 17.1 Å². The molecule has 0 amide bonds. The zero-order valence-electron chi connectivity index (χ0n) is 13.4. The molecule has 0 saturated carbocycles. The number of thiol groups is 1. The van der Waals surface area contributed by atoms with Crippen molar-refractivity contribution in [2.24, 2.45) is 0 Å². The molecule has 6 heteroatoms. The number of ketones is 2. The minimum Gasteiger partial charge on any atom is -0.397 e. The van der Waals surface area contributed by atoms with E-state index in [1.807, 2.05) is 0 Å². The number of nitrogens with one attached hydrogen (secondary N) is 1. The molecule has 3 aromatic carbocycles. The minimum absolute atomic E-state index is 0.192. The summed E-state index contributed by atoms with van der Waals surface area (Å²) in [5, 5.41) is 3.77. The molecule has 1 aliphatic rings. The van der Waals surface area contributed by atoms with E-state index < -0.39 is 0 Å². The van der Waals surface area contributed by atoms with E-state index >= 15 is 0 Å². The van der Waals surface area contributed by atoms with Crippen molar-refractivity contribution < 1.29 is 9.59 Å². The number of nitrogens with two attached hydrogens (primary N) is 1. The van der Waals surface area contributed by atoms with Crippen molar-refractivity contribution in [1.82, 2.24) is 0 Å². The number of carbonyl (C=O) groups excluding carboxylic acids is 2. The van der Waals surface area contributed by atoms with Gasteiger partial charge in [0.25, 0.3) is 0 Å². The SMILES string of the molecule is Nc1c(S)cc(Nc2ccc(Cl)cc2)c2c1C(=O)c1ccccc1C2=O. The number of nitrogen functional groups attached to an aromatic ring is 1. The van der Waals surface area contributed by atoms with Gasteiger partial charge in [-0.3, -0.25) is 9.59 Å². The van der Waals surface area contributed by atoms with Crippen LogP contribution in [0.5, 0.6) is 0 Å². The lowest BCUT2D eigenvalue weighted by Crippen LogP contribution is -2.24. The second kappa shape index (κ2) is 6.20. The van der Waals surface area contributed by atoms with Crippen LogP contribution in [0, 0.1) is 0 Å². The van der Waals surface area contributed by atoms with Gasteiger partial charge in [-0.2, -0.15) is 0 Å². The van der Waals surface area contributed by atoms with Crippen molar-refractivity contribution in [2.45, 2.75) is 4.90 Å². The quantitative estimate of drug-likeness (QED) is 0.347. The summed E-state index contributed by atoms with van der Waals surface area (Å²) in [5.74, 6) is -0.519. The van der Waals surface area contributed by atoms with E-state index in [1.54, 1.807) is 54.6 Å². The summed E-state index contributed by atoms with van der Waals surface area (Å²) < 4.78 is 0. The molecule has 0 aliphatic heterocycles. The van der Waals surface area contributed by atoms with Crippen molar-refractivity contribution in [3.8, 4) is 0 Å². The van der Waals surface area contributed by atoms with Crippen LogP contribution in [-0.2, 0) is 0 Å². The summed E-state index contributed by atoms with van der Waals surface area (Å²) in [4.78, 5) is 26.5. The van der Waals surface area contributed by atoms with E-state index in [0.717, 1.165) is 5.69 Å². The van der Waals surface area contributed by atoms with Crippen LogP contribution in [0.15, 0.2) is 59.5 Å². The highest BCUT2D eigenvalue weighted by Gasteiger charge is 2.34. The number of benzene rings is 3. The van der Waals surface area contributed by atoms with E-state index in [9.17, 15) is 9.59 Å². The van der Waals surface area contributed by atoms with E-state index in [0.29, 0.717) is 26.7 Å². The number of hydrogen-bond donors (Lipinski definition) is 3. The maximum absolute atomic E-state index is 13.1. The Kier molecular flexibility index (Phi) is 3.98. The molecule has 0 radical (unpaired) electrons. The van der Waals surface area contributed by atoms with Crippen LogP contribution in [0.1, 0.15) is 31.8 Å². The molecular formula is C20H13ClN2O2S. The van der Waals surface area contributed by atoms with Crippen molar-refractivity contribution >= 4 is 52.9 Å². The molecule has 0 unspecified atom stereocenters. The summed E-state index contributed by atoms with van der Waals surface area (Å²) >= 11 is 10.3. The Hall–Kier alpha value is -2.76. The van der Waals surface area contributed by atoms with Gasteiger partial charge < -0.3 is 11.1 Å². The zero-order chi connectivity index (χ0) is 18.4. The molecular weight excluding hydrogens is 368 g/mol. The maximum Gasteiger partial charge on any atom is 0.196 e. The summed E-state index contributed by atoms with van der Waals surface area (Å²) in [7, 11) is 0. The second-order valence-electron chi connectivity index (χ2n) is 5.94. The second-order valence-corrected chi connectivity index (χ2v) is 6.86. The molecule has 0 bridgehead atoms.